The summed E-state index contributed by atoms with van der Waals surface area (Å²) in [5, 5.41) is 3.39. The quantitative estimate of drug-likeness (QED) is 0.704. The molecule has 1 atom stereocenters. The standard InChI is InChI=1S/C19H19N3OS/c1-11-19(23)21(2)10-15-17(20-18(22(11)15)12-3-4-12)14-5-6-16-13(9-14)7-8-24-16/h5-9,11-12H,3-4,10H2,1-2H3. The van der Waals surface area contributed by atoms with Gasteiger partial charge in [0.25, 0.3) is 0 Å². The van der Waals surface area contributed by atoms with Crippen molar-refractivity contribution in [1.29, 1.82) is 0 Å². The molecule has 24 heavy (non-hydrogen) atoms. The van der Waals surface area contributed by atoms with E-state index >= 15 is 0 Å². The Morgan fingerprint density at radius 2 is 2.08 bits per heavy atom. The number of aromatic nitrogens is 2. The molecule has 0 spiro atoms. The van der Waals surface area contributed by atoms with E-state index in [0.717, 1.165) is 17.1 Å². The lowest BCUT2D eigenvalue weighted by molar-refractivity contribution is -0.135. The molecule has 4 nitrogen and oxygen atoms in total. The fraction of sp³-hybridized carbons (Fsp3) is 0.368. The van der Waals surface area contributed by atoms with Gasteiger partial charge in [0, 0.05) is 23.2 Å². The number of fused-ring (bicyclic) bond motifs is 2. The summed E-state index contributed by atoms with van der Waals surface area (Å²) < 4.78 is 3.52. The Kier molecular flexibility index (Phi) is 2.92. The number of carbonyl (C=O) groups is 1. The van der Waals surface area contributed by atoms with Gasteiger partial charge in [-0.25, -0.2) is 4.98 Å². The molecule has 2 aliphatic rings. The van der Waals surface area contributed by atoms with Gasteiger partial charge in [0.05, 0.1) is 17.9 Å². The number of benzene rings is 1. The highest BCUT2D eigenvalue weighted by Crippen LogP contribution is 2.44. The molecule has 3 aromatic rings. The third-order valence-electron chi connectivity index (χ3n) is 5.21. The number of thiophene rings is 1. The molecule has 2 aromatic heterocycles. The van der Waals surface area contributed by atoms with Crippen LogP contribution in [-0.4, -0.2) is 27.4 Å². The molecule has 3 heterocycles. The fourth-order valence-corrected chi connectivity index (χ4v) is 4.55. The zero-order valence-electron chi connectivity index (χ0n) is 13.8. The summed E-state index contributed by atoms with van der Waals surface area (Å²) in [6.45, 7) is 2.64. The number of rotatable bonds is 2. The monoisotopic (exact) mass is 337 g/mol. The molecule has 1 fully saturated rings. The van der Waals surface area contributed by atoms with Crippen LogP contribution < -0.4 is 0 Å². The summed E-state index contributed by atoms with van der Waals surface area (Å²) in [4.78, 5) is 19.3. The van der Waals surface area contributed by atoms with Gasteiger partial charge >= 0.3 is 0 Å². The van der Waals surface area contributed by atoms with Crippen molar-refractivity contribution < 1.29 is 4.79 Å². The van der Waals surface area contributed by atoms with Gasteiger partial charge in [-0.1, -0.05) is 6.07 Å². The Balaban J connectivity index is 1.73. The van der Waals surface area contributed by atoms with Gasteiger partial charge in [-0.2, -0.15) is 0 Å². The van der Waals surface area contributed by atoms with E-state index in [9.17, 15) is 4.79 Å². The highest BCUT2D eigenvalue weighted by atomic mass is 32.1. The zero-order valence-corrected chi connectivity index (χ0v) is 14.6. The Labute approximate surface area is 144 Å². The van der Waals surface area contributed by atoms with Crippen molar-refractivity contribution in [3.8, 4) is 11.3 Å². The SMILES string of the molecule is CC1C(=O)N(C)Cc2c(-c3ccc4sccc4c3)nc(C3CC3)n21. The lowest BCUT2D eigenvalue weighted by Crippen LogP contribution is -2.39. The fourth-order valence-electron chi connectivity index (χ4n) is 3.78. The summed E-state index contributed by atoms with van der Waals surface area (Å²) >= 11 is 1.76. The molecule has 0 radical (unpaired) electrons. The van der Waals surface area contributed by atoms with Crippen LogP contribution in [0.25, 0.3) is 21.3 Å². The number of amides is 1. The van der Waals surface area contributed by atoms with Crippen molar-refractivity contribution in [2.24, 2.45) is 0 Å². The Bertz CT molecular complexity index is 966. The minimum absolute atomic E-state index is 0.152. The van der Waals surface area contributed by atoms with Crippen molar-refractivity contribution >= 4 is 27.3 Å². The number of hydrogen-bond donors (Lipinski definition) is 0. The first-order chi connectivity index (χ1) is 11.6. The average Bonchev–Trinajstić information content (AvgIpc) is 3.19. The van der Waals surface area contributed by atoms with E-state index < -0.39 is 0 Å². The van der Waals surface area contributed by atoms with E-state index in [1.54, 1.807) is 11.3 Å². The van der Waals surface area contributed by atoms with E-state index in [2.05, 4.69) is 34.2 Å². The van der Waals surface area contributed by atoms with Crippen molar-refractivity contribution in [3.05, 3.63) is 41.2 Å². The summed E-state index contributed by atoms with van der Waals surface area (Å²) in [6, 6.07) is 8.58. The maximum atomic E-state index is 12.4. The Morgan fingerprint density at radius 3 is 2.88 bits per heavy atom. The predicted octanol–water partition coefficient (Wildman–Crippen LogP) is 4.18. The molecular formula is C19H19N3OS. The third kappa shape index (κ3) is 1.97. The van der Waals surface area contributed by atoms with Gasteiger partial charge in [-0.05, 0) is 48.7 Å². The second kappa shape index (κ2) is 4.93. The molecule has 1 amide bonds. The van der Waals surface area contributed by atoms with Gasteiger partial charge in [0.2, 0.25) is 5.91 Å². The van der Waals surface area contributed by atoms with Crippen LogP contribution in [0.3, 0.4) is 0 Å². The van der Waals surface area contributed by atoms with Crippen molar-refractivity contribution in [1.82, 2.24) is 14.5 Å². The van der Waals surface area contributed by atoms with Crippen LogP contribution in [-0.2, 0) is 11.3 Å². The van der Waals surface area contributed by atoms with Crippen molar-refractivity contribution in [3.63, 3.8) is 0 Å². The predicted molar refractivity (Wildman–Crippen MR) is 96.2 cm³/mol. The van der Waals surface area contributed by atoms with Gasteiger partial charge in [0.15, 0.2) is 0 Å². The van der Waals surface area contributed by atoms with Crippen LogP contribution in [0.5, 0.6) is 0 Å². The van der Waals surface area contributed by atoms with E-state index in [0.29, 0.717) is 12.5 Å². The highest BCUT2D eigenvalue weighted by molar-refractivity contribution is 7.17. The molecule has 1 aliphatic heterocycles. The largest absolute Gasteiger partial charge is 0.338 e. The molecule has 0 saturated heterocycles. The first-order valence-corrected chi connectivity index (χ1v) is 9.35. The Hall–Kier alpha value is -2.14. The van der Waals surface area contributed by atoms with E-state index in [1.807, 2.05) is 18.9 Å². The second-order valence-corrected chi connectivity index (χ2v) is 7.90. The van der Waals surface area contributed by atoms with E-state index in [-0.39, 0.29) is 11.9 Å². The van der Waals surface area contributed by atoms with Gasteiger partial charge in [-0.15, -0.1) is 11.3 Å². The van der Waals surface area contributed by atoms with Crippen molar-refractivity contribution in [2.75, 3.05) is 7.05 Å². The highest BCUT2D eigenvalue weighted by Gasteiger charge is 2.38. The normalized spacial score (nSPS) is 20.7. The maximum Gasteiger partial charge on any atom is 0.245 e. The first-order valence-electron chi connectivity index (χ1n) is 8.47. The summed E-state index contributed by atoms with van der Waals surface area (Å²) in [5.74, 6) is 1.82. The smallest absolute Gasteiger partial charge is 0.245 e. The van der Waals surface area contributed by atoms with Crippen LogP contribution in [0.1, 0.15) is 43.2 Å². The average molecular weight is 337 g/mol. The zero-order chi connectivity index (χ0) is 16.4. The molecule has 1 aliphatic carbocycles. The lowest BCUT2D eigenvalue weighted by atomic mass is 10.1. The second-order valence-electron chi connectivity index (χ2n) is 6.95. The number of likely N-dealkylation sites (N-methyl/N-ethyl adjacent to an activating group) is 1. The maximum absolute atomic E-state index is 12.4. The number of carbonyl (C=O) groups excluding carboxylic acids is 1. The molecule has 1 aromatic carbocycles. The van der Waals surface area contributed by atoms with Crippen LogP contribution in [0.15, 0.2) is 29.6 Å². The molecule has 5 rings (SSSR count). The van der Waals surface area contributed by atoms with Gasteiger partial charge in [0.1, 0.15) is 11.9 Å². The van der Waals surface area contributed by atoms with Gasteiger partial charge in [-0.3, -0.25) is 4.79 Å². The summed E-state index contributed by atoms with van der Waals surface area (Å²) in [5.41, 5.74) is 3.39. The number of nitrogens with zero attached hydrogens (tertiary/aromatic N) is 3. The van der Waals surface area contributed by atoms with Gasteiger partial charge < -0.3 is 9.47 Å². The number of hydrogen-bond acceptors (Lipinski definition) is 3. The number of imidazole rings is 1. The molecule has 1 saturated carbocycles. The van der Waals surface area contributed by atoms with E-state index in [4.69, 9.17) is 4.98 Å². The molecule has 122 valence electrons. The molecule has 0 N–H and O–H groups in total. The molecular weight excluding hydrogens is 318 g/mol. The van der Waals surface area contributed by atoms with Crippen LogP contribution in [0.4, 0.5) is 0 Å². The Morgan fingerprint density at radius 1 is 1.25 bits per heavy atom. The molecule has 0 bridgehead atoms. The van der Waals surface area contributed by atoms with Crippen LogP contribution in [0.2, 0.25) is 0 Å². The molecule has 1 unspecified atom stereocenters. The first kappa shape index (κ1) is 14.2. The van der Waals surface area contributed by atoms with Crippen molar-refractivity contribution in [2.45, 2.75) is 38.3 Å². The minimum atomic E-state index is -0.152. The van der Waals surface area contributed by atoms with Crippen LogP contribution in [0, 0.1) is 0 Å². The topological polar surface area (TPSA) is 38.1 Å². The molecule has 5 heteroatoms. The minimum Gasteiger partial charge on any atom is -0.338 e. The lowest BCUT2D eigenvalue weighted by Gasteiger charge is -2.31. The van der Waals surface area contributed by atoms with E-state index in [1.165, 1.54) is 28.6 Å². The summed E-state index contributed by atoms with van der Waals surface area (Å²) in [7, 11) is 1.89. The van der Waals surface area contributed by atoms with Crippen LogP contribution >= 0.6 is 11.3 Å². The third-order valence-corrected chi connectivity index (χ3v) is 6.11. The summed E-state index contributed by atoms with van der Waals surface area (Å²) in [6.07, 6.45) is 2.38.